The highest BCUT2D eigenvalue weighted by Crippen LogP contribution is 2.21. The van der Waals surface area contributed by atoms with E-state index in [4.69, 9.17) is 5.73 Å². The van der Waals surface area contributed by atoms with Crippen LogP contribution in [0, 0.1) is 6.92 Å². The average molecular weight is 351 g/mol. The fourth-order valence-corrected chi connectivity index (χ4v) is 3.10. The van der Waals surface area contributed by atoms with Crippen molar-refractivity contribution < 1.29 is 4.79 Å². The van der Waals surface area contributed by atoms with Gasteiger partial charge in [-0.1, -0.05) is 13.3 Å². The Hall–Kier alpha value is -2.42. The summed E-state index contributed by atoms with van der Waals surface area (Å²) < 4.78 is 1.30. The number of anilines is 2. The van der Waals surface area contributed by atoms with Gasteiger partial charge in [-0.25, -0.2) is 9.78 Å². The molecule has 2 rings (SSSR count). The number of hydrogen-bond acceptors (Lipinski definition) is 6. The highest BCUT2D eigenvalue weighted by atomic mass is 32.1. The monoisotopic (exact) mass is 351 g/mol. The quantitative estimate of drug-likeness (QED) is 0.815. The van der Waals surface area contributed by atoms with E-state index in [1.807, 2.05) is 6.92 Å². The van der Waals surface area contributed by atoms with Crippen molar-refractivity contribution >= 4 is 28.7 Å². The Labute approximate surface area is 143 Å². The molecule has 130 valence electrons. The van der Waals surface area contributed by atoms with Gasteiger partial charge in [-0.15, -0.1) is 11.3 Å². The van der Waals surface area contributed by atoms with Crippen molar-refractivity contribution in [1.82, 2.24) is 14.5 Å². The number of amides is 1. The molecule has 0 unspecified atom stereocenters. The second-order valence-corrected chi connectivity index (χ2v) is 6.53. The number of nitrogen functional groups attached to an aromatic ring is 1. The van der Waals surface area contributed by atoms with E-state index in [1.165, 1.54) is 27.0 Å². The summed E-state index contributed by atoms with van der Waals surface area (Å²) in [4.78, 5) is 45.0. The number of aryl methyl sites for hydroxylation is 1. The standard InChI is InChI=1S/C15H21N5O3S/c1-4-6-7-20-12(16)11(13(21)18-15(20)23)19(5-2)14(22)10-8-17-9(3)24-10/h8H,4-7,16H2,1-3H3,(H,18,21,23). The first kappa shape index (κ1) is 17.9. The van der Waals surface area contributed by atoms with E-state index in [-0.39, 0.29) is 24.0 Å². The lowest BCUT2D eigenvalue weighted by molar-refractivity contribution is 0.0991. The van der Waals surface area contributed by atoms with Crippen LogP contribution in [-0.2, 0) is 6.54 Å². The first-order valence-corrected chi connectivity index (χ1v) is 8.59. The zero-order valence-corrected chi connectivity index (χ0v) is 14.8. The zero-order valence-electron chi connectivity index (χ0n) is 14.0. The molecule has 0 aliphatic carbocycles. The lowest BCUT2D eigenvalue weighted by Crippen LogP contribution is -2.41. The number of nitrogens with one attached hydrogen (secondary N) is 1. The molecule has 0 saturated carbocycles. The number of nitrogens with two attached hydrogens (primary N) is 1. The van der Waals surface area contributed by atoms with Crippen LogP contribution in [0.2, 0.25) is 0 Å². The van der Waals surface area contributed by atoms with Crippen molar-refractivity contribution in [2.45, 2.75) is 40.2 Å². The number of carbonyl (C=O) groups excluding carboxylic acids is 1. The molecule has 24 heavy (non-hydrogen) atoms. The third kappa shape index (κ3) is 3.40. The molecule has 0 aliphatic heterocycles. The number of H-pyrrole nitrogens is 1. The minimum Gasteiger partial charge on any atom is -0.383 e. The molecule has 2 aromatic heterocycles. The lowest BCUT2D eigenvalue weighted by Gasteiger charge is -2.22. The molecule has 0 spiro atoms. The fourth-order valence-electron chi connectivity index (χ4n) is 2.37. The van der Waals surface area contributed by atoms with Crippen LogP contribution in [0.25, 0.3) is 0 Å². The van der Waals surface area contributed by atoms with Crippen LogP contribution in [0.1, 0.15) is 41.4 Å². The molecule has 0 atom stereocenters. The van der Waals surface area contributed by atoms with Gasteiger partial charge in [-0.3, -0.25) is 24.0 Å². The Morgan fingerprint density at radius 1 is 1.42 bits per heavy atom. The van der Waals surface area contributed by atoms with Crippen molar-refractivity contribution in [2.75, 3.05) is 17.2 Å². The summed E-state index contributed by atoms with van der Waals surface area (Å²) in [6.45, 7) is 6.16. The highest BCUT2D eigenvalue weighted by Gasteiger charge is 2.25. The molecule has 0 aromatic carbocycles. The number of aromatic amines is 1. The minimum atomic E-state index is -0.665. The van der Waals surface area contributed by atoms with Crippen LogP contribution in [0.4, 0.5) is 11.5 Å². The third-order valence-corrected chi connectivity index (χ3v) is 4.51. The van der Waals surface area contributed by atoms with Gasteiger partial charge in [0.05, 0.1) is 11.2 Å². The molecule has 0 bridgehead atoms. The van der Waals surface area contributed by atoms with E-state index in [1.54, 1.807) is 13.8 Å². The smallest absolute Gasteiger partial charge is 0.330 e. The number of hydrogen-bond donors (Lipinski definition) is 2. The topological polar surface area (TPSA) is 114 Å². The predicted molar refractivity (Wildman–Crippen MR) is 94.8 cm³/mol. The molecule has 3 N–H and O–H groups in total. The van der Waals surface area contributed by atoms with E-state index >= 15 is 0 Å². The predicted octanol–water partition coefficient (Wildman–Crippen LogP) is 1.35. The number of rotatable bonds is 6. The lowest BCUT2D eigenvalue weighted by atomic mass is 10.3. The molecule has 0 fully saturated rings. The van der Waals surface area contributed by atoms with Crippen LogP contribution in [-0.4, -0.2) is 27.0 Å². The van der Waals surface area contributed by atoms with Crippen LogP contribution < -0.4 is 21.9 Å². The maximum Gasteiger partial charge on any atom is 0.330 e. The van der Waals surface area contributed by atoms with E-state index < -0.39 is 11.2 Å². The van der Waals surface area contributed by atoms with Crippen LogP contribution in [0.5, 0.6) is 0 Å². The summed E-state index contributed by atoms with van der Waals surface area (Å²) in [7, 11) is 0. The Kier molecular flexibility index (Phi) is 5.55. The van der Waals surface area contributed by atoms with E-state index in [0.29, 0.717) is 11.4 Å². The maximum atomic E-state index is 12.7. The number of unbranched alkanes of at least 4 members (excludes halogenated alkanes) is 1. The van der Waals surface area contributed by atoms with Gasteiger partial charge in [-0.2, -0.15) is 0 Å². The summed E-state index contributed by atoms with van der Waals surface area (Å²) in [6, 6.07) is 0. The molecule has 2 aromatic rings. The van der Waals surface area contributed by atoms with Crippen molar-refractivity contribution in [3.8, 4) is 0 Å². The van der Waals surface area contributed by atoms with Crippen LogP contribution >= 0.6 is 11.3 Å². The van der Waals surface area contributed by atoms with Crippen molar-refractivity contribution in [3.05, 3.63) is 36.9 Å². The van der Waals surface area contributed by atoms with E-state index in [2.05, 4.69) is 9.97 Å². The number of carbonyl (C=O) groups is 1. The molecule has 0 aliphatic rings. The normalized spacial score (nSPS) is 10.8. The summed E-state index contributed by atoms with van der Waals surface area (Å²) in [6.07, 6.45) is 3.09. The molecular weight excluding hydrogens is 330 g/mol. The van der Waals surface area contributed by atoms with Gasteiger partial charge >= 0.3 is 5.69 Å². The maximum absolute atomic E-state index is 12.7. The van der Waals surface area contributed by atoms with Crippen molar-refractivity contribution in [3.63, 3.8) is 0 Å². The molecule has 2 heterocycles. The molecule has 9 heteroatoms. The first-order valence-electron chi connectivity index (χ1n) is 7.77. The minimum absolute atomic E-state index is 0.00394. The Bertz CT molecular complexity index is 852. The van der Waals surface area contributed by atoms with E-state index in [0.717, 1.165) is 17.8 Å². The van der Waals surface area contributed by atoms with Crippen LogP contribution in [0.15, 0.2) is 15.8 Å². The largest absolute Gasteiger partial charge is 0.383 e. The molecule has 0 radical (unpaired) electrons. The average Bonchev–Trinajstić information content (AvgIpc) is 2.97. The summed E-state index contributed by atoms with van der Waals surface area (Å²) in [5, 5.41) is 0.754. The number of nitrogens with zero attached hydrogens (tertiary/aromatic N) is 3. The molecule has 1 amide bonds. The van der Waals surface area contributed by atoms with Gasteiger partial charge in [0.25, 0.3) is 11.5 Å². The van der Waals surface area contributed by atoms with Gasteiger partial charge in [0.2, 0.25) is 0 Å². The van der Waals surface area contributed by atoms with Gasteiger partial charge < -0.3 is 5.73 Å². The van der Waals surface area contributed by atoms with Crippen molar-refractivity contribution in [1.29, 1.82) is 0 Å². The highest BCUT2D eigenvalue weighted by molar-refractivity contribution is 7.13. The SMILES string of the molecule is CCCCn1c(N)c(N(CC)C(=O)c2cnc(C)s2)c(=O)[nH]c1=O. The van der Waals surface area contributed by atoms with E-state index in [9.17, 15) is 14.4 Å². The van der Waals surface area contributed by atoms with Gasteiger partial charge in [-0.05, 0) is 20.3 Å². The number of thiazole rings is 1. The summed E-state index contributed by atoms with van der Waals surface area (Å²) in [5.74, 6) is -0.352. The molecule has 8 nitrogen and oxygen atoms in total. The summed E-state index contributed by atoms with van der Waals surface area (Å²) >= 11 is 1.24. The van der Waals surface area contributed by atoms with Gasteiger partial charge in [0, 0.05) is 13.1 Å². The summed E-state index contributed by atoms with van der Waals surface area (Å²) in [5.41, 5.74) is 4.84. The van der Waals surface area contributed by atoms with Crippen LogP contribution in [0.3, 0.4) is 0 Å². The van der Waals surface area contributed by atoms with Crippen molar-refractivity contribution in [2.24, 2.45) is 0 Å². The molecule has 0 saturated heterocycles. The van der Waals surface area contributed by atoms with Gasteiger partial charge in [0.1, 0.15) is 10.7 Å². The first-order chi connectivity index (χ1) is 11.4. The third-order valence-electron chi connectivity index (χ3n) is 3.61. The second kappa shape index (κ2) is 7.43. The number of aromatic nitrogens is 3. The Balaban J connectivity index is 2.53. The molecular formula is C15H21N5O3S. The second-order valence-electron chi connectivity index (χ2n) is 5.29. The fraction of sp³-hybridized carbons (Fsp3) is 0.467. The zero-order chi connectivity index (χ0) is 17.9. The Morgan fingerprint density at radius 2 is 2.12 bits per heavy atom. The van der Waals surface area contributed by atoms with Gasteiger partial charge in [0.15, 0.2) is 5.69 Å². The Morgan fingerprint density at radius 3 is 2.67 bits per heavy atom.